The Labute approximate surface area is 175 Å². The summed E-state index contributed by atoms with van der Waals surface area (Å²) in [5.74, 6) is -0.800. The van der Waals surface area contributed by atoms with Crippen LogP contribution >= 0.6 is 35.0 Å². The van der Waals surface area contributed by atoms with Crippen molar-refractivity contribution in [2.75, 3.05) is 12.3 Å². The average molecular weight is 449 g/mol. The van der Waals surface area contributed by atoms with E-state index in [4.69, 9.17) is 28.6 Å². The molecule has 0 fully saturated rings. The molecule has 0 saturated carbocycles. The molecule has 0 atom stereocenters. The van der Waals surface area contributed by atoms with Crippen LogP contribution in [-0.4, -0.2) is 30.1 Å². The second kappa shape index (κ2) is 9.67. The van der Waals surface area contributed by atoms with Crippen LogP contribution < -0.4 is 5.32 Å². The molecule has 0 saturated heterocycles. The normalized spacial score (nSPS) is 11.4. The number of aryl methyl sites for hydroxylation is 1. The Morgan fingerprint density at radius 2 is 1.79 bits per heavy atom. The zero-order valence-electron chi connectivity index (χ0n) is 14.8. The molecular formula is C19H17Cl2F3N2OS. The van der Waals surface area contributed by atoms with E-state index in [-0.39, 0.29) is 5.75 Å². The van der Waals surface area contributed by atoms with Crippen LogP contribution in [0, 0.1) is 12.3 Å². The molecule has 0 aliphatic carbocycles. The molecular weight excluding hydrogens is 432 g/mol. The van der Waals surface area contributed by atoms with Gasteiger partial charge in [-0.05, 0) is 53.9 Å². The Morgan fingerprint density at radius 1 is 1.14 bits per heavy atom. The Morgan fingerprint density at radius 3 is 2.36 bits per heavy atom. The molecule has 2 aromatic rings. The topological polar surface area (TPSA) is 53.0 Å². The predicted octanol–water partition coefficient (Wildman–Crippen LogP) is 5.68. The van der Waals surface area contributed by atoms with Crippen molar-refractivity contribution < 1.29 is 18.0 Å². The van der Waals surface area contributed by atoms with Crippen LogP contribution in [0.4, 0.5) is 13.2 Å². The first-order chi connectivity index (χ1) is 13.0. The molecule has 0 radical (unpaired) electrons. The molecule has 28 heavy (non-hydrogen) atoms. The second-order valence-electron chi connectivity index (χ2n) is 6.09. The molecule has 150 valence electrons. The van der Waals surface area contributed by atoms with Gasteiger partial charge in [-0.3, -0.25) is 4.79 Å². The van der Waals surface area contributed by atoms with Crippen LogP contribution in [0.5, 0.6) is 0 Å². The monoisotopic (exact) mass is 448 g/mol. The van der Waals surface area contributed by atoms with E-state index in [1.54, 1.807) is 30.3 Å². The molecule has 1 amide bonds. The quantitative estimate of drug-likeness (QED) is 0.422. The van der Waals surface area contributed by atoms with Gasteiger partial charge in [0.25, 0.3) is 0 Å². The first kappa shape index (κ1) is 22.6. The number of alkyl halides is 3. The maximum atomic E-state index is 12.1. The number of carbonyl (C=O) groups excluding carboxylic acids is 1. The van der Waals surface area contributed by atoms with E-state index < -0.39 is 18.6 Å². The van der Waals surface area contributed by atoms with E-state index in [1.165, 1.54) is 0 Å². The molecule has 0 bridgehead atoms. The fourth-order valence-corrected chi connectivity index (χ4v) is 3.82. The summed E-state index contributed by atoms with van der Waals surface area (Å²) in [6.07, 6.45) is -4.07. The highest BCUT2D eigenvalue weighted by atomic mass is 35.5. The summed E-state index contributed by atoms with van der Waals surface area (Å²) in [6.45, 7) is 0.484. The van der Waals surface area contributed by atoms with Gasteiger partial charge >= 0.3 is 6.18 Å². The number of rotatable bonds is 7. The fourth-order valence-electron chi connectivity index (χ4n) is 2.41. The van der Waals surface area contributed by atoms with Crippen molar-refractivity contribution >= 4 is 46.6 Å². The zero-order valence-corrected chi connectivity index (χ0v) is 17.1. The molecule has 0 unspecified atom stereocenters. The van der Waals surface area contributed by atoms with Crippen LogP contribution in [-0.2, 0) is 11.2 Å². The van der Waals surface area contributed by atoms with Gasteiger partial charge in [0.05, 0.1) is 5.75 Å². The number of amides is 1. The van der Waals surface area contributed by atoms with Crippen LogP contribution in [0.25, 0.3) is 0 Å². The van der Waals surface area contributed by atoms with Crippen LogP contribution in [0.1, 0.15) is 16.7 Å². The molecule has 3 nitrogen and oxygen atoms in total. The predicted molar refractivity (Wildman–Crippen MR) is 108 cm³/mol. The molecule has 0 heterocycles. The van der Waals surface area contributed by atoms with Gasteiger partial charge < -0.3 is 10.7 Å². The lowest BCUT2D eigenvalue weighted by molar-refractivity contribution is -0.136. The molecule has 0 spiro atoms. The van der Waals surface area contributed by atoms with Crippen molar-refractivity contribution in [3.8, 4) is 0 Å². The van der Waals surface area contributed by atoms with Crippen LogP contribution in [0.15, 0.2) is 41.3 Å². The maximum Gasteiger partial charge on any atom is 0.405 e. The highest BCUT2D eigenvalue weighted by Gasteiger charge is 2.27. The molecule has 2 rings (SSSR count). The minimum Gasteiger partial charge on any atom is -0.346 e. The van der Waals surface area contributed by atoms with Crippen molar-refractivity contribution in [1.29, 1.82) is 5.41 Å². The number of hydrogen-bond acceptors (Lipinski definition) is 3. The number of halogens is 5. The lowest BCUT2D eigenvalue weighted by atomic mass is 10.0. The van der Waals surface area contributed by atoms with Gasteiger partial charge in [-0.2, -0.15) is 13.2 Å². The van der Waals surface area contributed by atoms with Gasteiger partial charge in [-0.1, -0.05) is 29.3 Å². The summed E-state index contributed by atoms with van der Waals surface area (Å²) in [5, 5.41) is 11.1. The number of nitrogens with one attached hydrogen (secondary N) is 2. The first-order valence-electron chi connectivity index (χ1n) is 8.13. The van der Waals surface area contributed by atoms with E-state index >= 15 is 0 Å². The van der Waals surface area contributed by atoms with Crippen molar-refractivity contribution in [2.24, 2.45) is 0 Å². The summed E-state index contributed by atoms with van der Waals surface area (Å²) in [4.78, 5) is 12.3. The maximum absolute atomic E-state index is 12.1. The summed E-state index contributed by atoms with van der Waals surface area (Å²) < 4.78 is 36.3. The second-order valence-corrected chi connectivity index (χ2v) is 7.98. The Bertz CT molecular complexity index is 868. The van der Waals surface area contributed by atoms with Crippen molar-refractivity contribution in [3.63, 3.8) is 0 Å². The molecule has 9 heteroatoms. The zero-order chi connectivity index (χ0) is 20.9. The summed E-state index contributed by atoms with van der Waals surface area (Å²) in [5.41, 5.74) is 2.74. The number of hydrogen-bond donors (Lipinski definition) is 2. The third-order valence-electron chi connectivity index (χ3n) is 3.67. The minimum absolute atomic E-state index is 0.116. The van der Waals surface area contributed by atoms with Crippen LogP contribution in [0.3, 0.4) is 0 Å². The molecule has 0 aliphatic heterocycles. The number of benzene rings is 2. The van der Waals surface area contributed by atoms with E-state index in [0.29, 0.717) is 27.7 Å². The SMILES string of the molecule is Cc1cc(C(=N)Cc2cc(Cl)cc(Cl)c2)ccc1SCC(=O)NCC(F)(F)F. The third kappa shape index (κ3) is 7.37. The van der Waals surface area contributed by atoms with E-state index in [9.17, 15) is 18.0 Å². The molecule has 0 aliphatic rings. The summed E-state index contributed by atoms with van der Waals surface area (Å²) in [7, 11) is 0. The lowest BCUT2D eigenvalue weighted by Crippen LogP contribution is -2.34. The van der Waals surface area contributed by atoms with Gasteiger partial charge in [0, 0.05) is 27.1 Å². The van der Waals surface area contributed by atoms with Gasteiger partial charge in [0.1, 0.15) is 6.54 Å². The Kier molecular flexibility index (Phi) is 7.80. The third-order valence-corrected chi connectivity index (χ3v) is 5.28. The molecule has 0 aromatic heterocycles. The largest absolute Gasteiger partial charge is 0.405 e. The highest BCUT2D eigenvalue weighted by Crippen LogP contribution is 2.25. The molecule has 2 N–H and O–H groups in total. The van der Waals surface area contributed by atoms with E-state index in [2.05, 4.69) is 0 Å². The standard InChI is InChI=1S/C19H17Cl2F3N2OS/c1-11-4-13(16(25)7-12-5-14(20)8-15(21)6-12)2-3-17(11)28-9-18(27)26-10-19(22,23)24/h2-6,8,25H,7,9-10H2,1H3,(H,26,27). The van der Waals surface area contributed by atoms with E-state index in [0.717, 1.165) is 27.8 Å². The van der Waals surface area contributed by atoms with Gasteiger partial charge in [0.2, 0.25) is 5.91 Å². The van der Waals surface area contributed by atoms with Crippen molar-refractivity contribution in [1.82, 2.24) is 5.32 Å². The minimum atomic E-state index is -4.43. The lowest BCUT2D eigenvalue weighted by Gasteiger charge is -2.11. The number of carbonyl (C=O) groups is 1. The fraction of sp³-hybridized carbons (Fsp3) is 0.263. The summed E-state index contributed by atoms with van der Waals surface area (Å²) in [6, 6.07) is 10.4. The first-order valence-corrected chi connectivity index (χ1v) is 9.87. The number of thioether (sulfide) groups is 1. The van der Waals surface area contributed by atoms with Gasteiger partial charge in [-0.15, -0.1) is 11.8 Å². The van der Waals surface area contributed by atoms with Crippen molar-refractivity contribution in [2.45, 2.75) is 24.4 Å². The van der Waals surface area contributed by atoms with Crippen molar-refractivity contribution in [3.05, 3.63) is 63.1 Å². The summed E-state index contributed by atoms with van der Waals surface area (Å²) >= 11 is 13.1. The Balaban J connectivity index is 1.97. The smallest absolute Gasteiger partial charge is 0.346 e. The Hall–Kier alpha value is -1.70. The molecule has 2 aromatic carbocycles. The average Bonchev–Trinajstić information content (AvgIpc) is 2.57. The van der Waals surface area contributed by atoms with E-state index in [1.807, 2.05) is 18.3 Å². The highest BCUT2D eigenvalue weighted by molar-refractivity contribution is 8.00. The van der Waals surface area contributed by atoms with Gasteiger partial charge in [-0.25, -0.2) is 0 Å². The van der Waals surface area contributed by atoms with Gasteiger partial charge in [0.15, 0.2) is 0 Å². The van der Waals surface area contributed by atoms with Crippen LogP contribution in [0.2, 0.25) is 10.0 Å².